The lowest BCUT2D eigenvalue weighted by atomic mass is 9.98. The molecule has 4 N–H and O–H groups in total. The van der Waals surface area contributed by atoms with Gasteiger partial charge in [-0.15, -0.1) is 0 Å². The molecule has 6 aromatic carbocycles. The van der Waals surface area contributed by atoms with Crippen LogP contribution in [0.5, 0.6) is 5.75 Å². The van der Waals surface area contributed by atoms with Crippen molar-refractivity contribution in [1.82, 2.24) is 0 Å². The van der Waals surface area contributed by atoms with Crippen LogP contribution in [-0.4, -0.2) is 26.4 Å². The van der Waals surface area contributed by atoms with E-state index in [2.05, 4.69) is 27.8 Å². The second-order valence-electron chi connectivity index (χ2n) is 12.1. The molecule has 11 heteroatoms. The number of carboxylic acid groups (broad SMARTS) is 1. The van der Waals surface area contributed by atoms with Crippen LogP contribution < -0.4 is 15.0 Å². The number of carbonyl (C=O) groups is 2. The molecule has 0 aromatic heterocycles. The summed E-state index contributed by atoms with van der Waals surface area (Å²) >= 11 is -1.96. The van der Waals surface area contributed by atoms with Gasteiger partial charge in [0.15, 0.2) is 0 Å². The summed E-state index contributed by atoms with van der Waals surface area (Å²) in [4.78, 5) is 35.8. The first-order valence-corrected chi connectivity index (χ1v) is 17.7. The number of hydrogen-bond acceptors (Lipinski definition) is 8. The Labute approximate surface area is 309 Å². The predicted octanol–water partition coefficient (Wildman–Crippen LogP) is 8.45. The summed E-state index contributed by atoms with van der Waals surface area (Å²) in [6.07, 6.45) is 1.27. The van der Waals surface area contributed by atoms with Crippen molar-refractivity contribution in [2.45, 2.75) is 31.0 Å². The molecule has 10 nitrogen and oxygen atoms in total. The molecule has 6 aromatic rings. The molecule has 1 amide bonds. The maximum Gasteiger partial charge on any atom is 0.336 e. The lowest BCUT2D eigenvalue weighted by Gasteiger charge is -2.13. The van der Waals surface area contributed by atoms with Crippen LogP contribution >= 0.6 is 0 Å². The number of hydrogen-bond donors (Lipinski definition) is 4. The lowest BCUT2D eigenvalue weighted by molar-refractivity contribution is -0.253. The highest BCUT2D eigenvalue weighted by Gasteiger charge is 2.19. The van der Waals surface area contributed by atoms with Gasteiger partial charge in [0.25, 0.3) is 5.91 Å². The van der Waals surface area contributed by atoms with E-state index in [1.165, 1.54) is 17.7 Å². The second-order valence-corrected chi connectivity index (χ2v) is 13.2. The maximum absolute atomic E-state index is 13.4. The quantitative estimate of drug-likeness (QED) is 0.0570. The molecule has 0 aliphatic carbocycles. The van der Waals surface area contributed by atoms with E-state index in [0.29, 0.717) is 23.5 Å². The largest absolute Gasteiger partial charge is 0.478 e. The SMILES string of the molecule is O=C(O)c1ccc(Cc2ccccc2)cc1C(=O)Nc1cccc(S(=O)Oc2cccc(NOCc3cc(Cc4ccccc4)ccc3COO)c2)c1. The van der Waals surface area contributed by atoms with Gasteiger partial charge in [-0.3, -0.25) is 20.4 Å². The first-order valence-electron chi connectivity index (χ1n) is 16.6. The summed E-state index contributed by atoms with van der Waals surface area (Å²) < 4.78 is 19.0. The van der Waals surface area contributed by atoms with Gasteiger partial charge in [0.1, 0.15) is 19.0 Å². The molecule has 0 spiro atoms. The second kappa shape index (κ2) is 17.9. The fraction of sp³-hybridized carbons (Fsp3) is 0.0952. The molecule has 1 atom stereocenters. The minimum Gasteiger partial charge on any atom is -0.478 e. The van der Waals surface area contributed by atoms with E-state index >= 15 is 0 Å². The Morgan fingerprint density at radius 2 is 1.26 bits per heavy atom. The summed E-state index contributed by atoms with van der Waals surface area (Å²) in [7, 11) is 0. The third-order valence-electron chi connectivity index (χ3n) is 8.26. The highest BCUT2D eigenvalue weighted by molar-refractivity contribution is 7.80. The van der Waals surface area contributed by atoms with E-state index in [0.717, 1.165) is 34.2 Å². The van der Waals surface area contributed by atoms with Crippen molar-refractivity contribution in [2.75, 3.05) is 10.8 Å². The maximum atomic E-state index is 13.4. The van der Waals surface area contributed by atoms with Gasteiger partial charge in [-0.1, -0.05) is 97.1 Å². The Hall–Kier alpha value is -6.11. The van der Waals surface area contributed by atoms with Crippen LogP contribution in [0.1, 0.15) is 54.1 Å². The van der Waals surface area contributed by atoms with Gasteiger partial charge in [-0.05, 0) is 88.7 Å². The number of amides is 1. The van der Waals surface area contributed by atoms with Gasteiger partial charge in [-0.2, -0.15) is 0 Å². The average molecular weight is 729 g/mol. The summed E-state index contributed by atoms with van der Waals surface area (Å²) in [6, 6.07) is 43.4. The Morgan fingerprint density at radius 3 is 1.96 bits per heavy atom. The molecule has 0 aliphatic heterocycles. The van der Waals surface area contributed by atoms with Crippen LogP contribution in [0.3, 0.4) is 0 Å². The minimum absolute atomic E-state index is 0.00957. The number of benzene rings is 6. The summed E-state index contributed by atoms with van der Waals surface area (Å²) in [5.74, 6) is -1.54. The number of carboxylic acids is 1. The lowest BCUT2D eigenvalue weighted by Crippen LogP contribution is -2.17. The van der Waals surface area contributed by atoms with Gasteiger partial charge in [0.2, 0.25) is 11.1 Å². The highest BCUT2D eigenvalue weighted by atomic mass is 32.2. The zero-order valence-electron chi connectivity index (χ0n) is 28.4. The van der Waals surface area contributed by atoms with Gasteiger partial charge >= 0.3 is 5.97 Å². The Bertz CT molecular complexity index is 2210. The molecule has 0 aliphatic rings. The van der Waals surface area contributed by atoms with E-state index in [1.807, 2.05) is 66.7 Å². The molecule has 6 rings (SSSR count). The molecule has 0 bridgehead atoms. The normalized spacial score (nSPS) is 11.4. The van der Waals surface area contributed by atoms with Gasteiger partial charge < -0.3 is 14.6 Å². The summed E-state index contributed by atoms with van der Waals surface area (Å²) in [6.45, 7) is 0.178. The van der Waals surface area contributed by atoms with E-state index < -0.39 is 23.0 Å². The minimum atomic E-state index is -1.96. The molecule has 0 saturated carbocycles. The van der Waals surface area contributed by atoms with Gasteiger partial charge in [-0.25, -0.2) is 13.9 Å². The Morgan fingerprint density at radius 1 is 0.604 bits per heavy atom. The van der Waals surface area contributed by atoms with Gasteiger partial charge in [0.05, 0.1) is 21.7 Å². The van der Waals surface area contributed by atoms with Crippen LogP contribution in [0.2, 0.25) is 0 Å². The number of anilines is 2. The predicted molar refractivity (Wildman–Crippen MR) is 202 cm³/mol. The molecular weight excluding hydrogens is 693 g/mol. The molecule has 0 radical (unpaired) electrons. The number of carbonyl (C=O) groups excluding carboxylic acids is 1. The van der Waals surface area contributed by atoms with Gasteiger partial charge in [0, 0.05) is 11.8 Å². The van der Waals surface area contributed by atoms with Crippen molar-refractivity contribution in [2.24, 2.45) is 0 Å². The van der Waals surface area contributed by atoms with E-state index in [4.69, 9.17) is 14.3 Å². The zero-order valence-corrected chi connectivity index (χ0v) is 29.3. The van der Waals surface area contributed by atoms with E-state index in [-0.39, 0.29) is 29.2 Å². The molecule has 0 heterocycles. The van der Waals surface area contributed by atoms with E-state index in [9.17, 15) is 18.9 Å². The average Bonchev–Trinajstić information content (AvgIpc) is 3.17. The summed E-state index contributed by atoms with van der Waals surface area (Å²) in [5, 5.41) is 21.6. The number of nitrogens with one attached hydrogen (secondary N) is 2. The molecule has 0 fully saturated rings. The molecule has 0 saturated heterocycles. The van der Waals surface area contributed by atoms with Crippen LogP contribution in [-0.2, 0) is 46.9 Å². The topological polar surface area (TPSA) is 143 Å². The van der Waals surface area contributed by atoms with Crippen LogP contribution in [0.25, 0.3) is 0 Å². The van der Waals surface area contributed by atoms with E-state index in [1.54, 1.807) is 54.6 Å². The molecule has 1 unspecified atom stereocenters. The zero-order chi connectivity index (χ0) is 37.0. The van der Waals surface area contributed by atoms with Crippen LogP contribution in [0.4, 0.5) is 11.4 Å². The highest BCUT2D eigenvalue weighted by Crippen LogP contribution is 2.24. The molecular formula is C42H36N2O8S. The van der Waals surface area contributed by atoms with Crippen molar-refractivity contribution in [3.8, 4) is 5.75 Å². The van der Waals surface area contributed by atoms with Crippen molar-refractivity contribution < 1.29 is 38.1 Å². The van der Waals surface area contributed by atoms with Crippen LogP contribution in [0, 0.1) is 0 Å². The third kappa shape index (κ3) is 10.2. The molecule has 53 heavy (non-hydrogen) atoms. The monoisotopic (exact) mass is 728 g/mol. The Kier molecular flexibility index (Phi) is 12.4. The van der Waals surface area contributed by atoms with Crippen molar-refractivity contribution in [3.05, 3.63) is 190 Å². The number of rotatable bonds is 16. The standard InChI is InChI=1S/C42H36N2O8S/c45-41(40-24-32(18-20-39(40)42(46)47)22-30-11-5-2-6-12-30)43-35-13-8-16-38(26-35)53(49)52-37-15-7-14-36(25-37)44-50-27-34-23-31(17-19-33(34)28-51-48)21-29-9-3-1-4-10-29/h1-20,23-26,44,48H,21-22,27-28H2,(H,43,45)(H,46,47). The fourth-order valence-electron chi connectivity index (χ4n) is 5.69. The van der Waals surface area contributed by atoms with Crippen molar-refractivity contribution in [1.29, 1.82) is 0 Å². The molecule has 268 valence electrons. The number of aromatic carboxylic acids is 1. The van der Waals surface area contributed by atoms with Crippen molar-refractivity contribution in [3.63, 3.8) is 0 Å². The first-order chi connectivity index (χ1) is 25.8. The van der Waals surface area contributed by atoms with Crippen LogP contribution in [0.15, 0.2) is 150 Å². The fourth-order valence-corrected chi connectivity index (χ4v) is 6.48. The van der Waals surface area contributed by atoms with Crippen molar-refractivity contribution >= 4 is 34.3 Å². The smallest absolute Gasteiger partial charge is 0.336 e. The first kappa shape index (κ1) is 36.7. The third-order valence-corrected chi connectivity index (χ3v) is 9.24. The summed E-state index contributed by atoms with van der Waals surface area (Å²) in [5.41, 5.74) is 9.30. The Balaban J connectivity index is 1.08.